The maximum atomic E-state index is 15.2. The van der Waals surface area contributed by atoms with Crippen LogP contribution in [-0.4, -0.2) is 88.1 Å². The molecule has 9 nitrogen and oxygen atoms in total. The minimum Gasteiger partial charge on any atom is -0.488 e. The predicted molar refractivity (Wildman–Crippen MR) is 165 cm³/mol. The number of aromatic nitrogens is 2. The normalized spacial score (nSPS) is 24.2. The molecule has 4 aliphatic rings. The van der Waals surface area contributed by atoms with E-state index < -0.39 is 17.3 Å². The van der Waals surface area contributed by atoms with Crippen molar-refractivity contribution in [1.82, 2.24) is 24.3 Å². The first-order valence-corrected chi connectivity index (χ1v) is 15.2. The van der Waals surface area contributed by atoms with Gasteiger partial charge in [0.2, 0.25) is 5.91 Å². The quantitative estimate of drug-likeness (QED) is 0.391. The van der Waals surface area contributed by atoms with Crippen LogP contribution in [0.3, 0.4) is 0 Å². The van der Waals surface area contributed by atoms with Crippen LogP contribution in [0.2, 0.25) is 5.02 Å². The molecular weight excluding hydrogens is 590 g/mol. The van der Waals surface area contributed by atoms with E-state index in [9.17, 15) is 14.0 Å². The van der Waals surface area contributed by atoms with Gasteiger partial charge in [0.15, 0.2) is 5.75 Å². The second-order valence-corrected chi connectivity index (χ2v) is 12.6. The standard InChI is InChI=1S/C32H33ClF2N6O3/c1-5-27(42)39-11-18(3)40(12-17(39)2)31-24-10-25(33)28(23-7-6-19(34)8-26(23)35)30-29(24)41(32(43)36-31)22(16-44-30)15-38-14-20-9-21(38)13-37(20)4/h5-8,10,13,17-18,20,22H,1,9,11-12,14-16H2,2-4H3/t17-,18+,20?,22-/m1/s1. The van der Waals surface area contributed by atoms with Gasteiger partial charge in [0, 0.05) is 86.2 Å². The van der Waals surface area contributed by atoms with Crippen LogP contribution in [0, 0.1) is 11.6 Å². The first-order chi connectivity index (χ1) is 21.0. The van der Waals surface area contributed by atoms with E-state index in [-0.39, 0.29) is 52.5 Å². The number of rotatable bonds is 5. The highest BCUT2D eigenvalue weighted by Gasteiger charge is 2.39. The SMILES string of the molecule is C=CC(=O)N1C[C@H](C)N(c2nc(=O)n3c4c(c(-c5ccc(F)cc5F)c(Cl)cc24)OC[C@H]3CN2CC3CC2=CN3C)C[C@H]1C. The van der Waals surface area contributed by atoms with E-state index >= 15 is 4.39 Å². The summed E-state index contributed by atoms with van der Waals surface area (Å²) in [6, 6.07) is 4.68. The molecule has 1 aromatic heterocycles. The molecule has 5 heterocycles. The number of amides is 1. The average Bonchev–Trinajstić information content (AvgIpc) is 3.55. The number of carbonyl (C=O) groups excluding carboxylic acids is 1. The van der Waals surface area contributed by atoms with E-state index in [2.05, 4.69) is 34.6 Å². The second kappa shape index (κ2) is 10.5. The summed E-state index contributed by atoms with van der Waals surface area (Å²) >= 11 is 6.88. The number of anilines is 1. The lowest BCUT2D eigenvalue weighted by atomic mass is 9.99. The number of benzene rings is 2. The zero-order valence-corrected chi connectivity index (χ0v) is 25.5. The van der Waals surface area contributed by atoms with Gasteiger partial charge in [0.25, 0.3) is 0 Å². The van der Waals surface area contributed by atoms with E-state index in [1.165, 1.54) is 23.9 Å². The van der Waals surface area contributed by atoms with E-state index in [0.29, 0.717) is 42.4 Å². The van der Waals surface area contributed by atoms with Gasteiger partial charge in [-0.25, -0.2) is 13.6 Å². The molecule has 0 spiro atoms. The van der Waals surface area contributed by atoms with E-state index in [1.807, 2.05) is 18.7 Å². The van der Waals surface area contributed by atoms with Gasteiger partial charge in [-0.15, -0.1) is 0 Å². The van der Waals surface area contributed by atoms with Crippen molar-refractivity contribution in [2.75, 3.05) is 44.7 Å². The van der Waals surface area contributed by atoms with Gasteiger partial charge >= 0.3 is 5.69 Å². The zero-order chi connectivity index (χ0) is 31.0. The van der Waals surface area contributed by atoms with Crippen molar-refractivity contribution in [1.29, 1.82) is 0 Å². The summed E-state index contributed by atoms with van der Waals surface area (Å²) < 4.78 is 37.1. The Morgan fingerprint density at radius 1 is 1.18 bits per heavy atom. The van der Waals surface area contributed by atoms with Crippen LogP contribution in [-0.2, 0) is 4.79 Å². The molecule has 0 aliphatic carbocycles. The molecule has 7 rings (SSSR count). The summed E-state index contributed by atoms with van der Waals surface area (Å²) in [7, 11) is 2.07. The number of piperazine rings is 1. The van der Waals surface area contributed by atoms with Crippen molar-refractivity contribution in [2.45, 2.75) is 44.4 Å². The van der Waals surface area contributed by atoms with Gasteiger partial charge in [0.1, 0.15) is 24.1 Å². The molecule has 1 amide bonds. The monoisotopic (exact) mass is 622 g/mol. The maximum Gasteiger partial charge on any atom is 0.350 e. The molecule has 2 aromatic carbocycles. The molecule has 1 unspecified atom stereocenters. The number of fused-ring (bicyclic) bond motifs is 2. The van der Waals surface area contributed by atoms with Crippen molar-refractivity contribution >= 4 is 34.2 Å². The number of nitrogens with zero attached hydrogens (tertiary/aromatic N) is 6. The van der Waals surface area contributed by atoms with Crippen LogP contribution >= 0.6 is 11.6 Å². The molecule has 2 fully saturated rings. The van der Waals surface area contributed by atoms with Crippen LogP contribution in [0.1, 0.15) is 26.3 Å². The molecule has 2 bridgehead atoms. The van der Waals surface area contributed by atoms with E-state index in [4.69, 9.17) is 16.3 Å². The zero-order valence-electron chi connectivity index (χ0n) is 24.8. The molecule has 44 heavy (non-hydrogen) atoms. The van der Waals surface area contributed by atoms with Crippen molar-refractivity contribution in [3.05, 3.63) is 76.0 Å². The highest BCUT2D eigenvalue weighted by molar-refractivity contribution is 6.35. The van der Waals surface area contributed by atoms with Crippen molar-refractivity contribution in [2.24, 2.45) is 0 Å². The maximum absolute atomic E-state index is 15.2. The Balaban J connectivity index is 1.40. The first-order valence-electron chi connectivity index (χ1n) is 14.8. The number of carbonyl (C=O) groups is 1. The van der Waals surface area contributed by atoms with Gasteiger partial charge < -0.3 is 24.3 Å². The van der Waals surface area contributed by atoms with Crippen molar-refractivity contribution in [3.63, 3.8) is 0 Å². The molecule has 230 valence electrons. The lowest BCUT2D eigenvalue weighted by Gasteiger charge is -2.45. The van der Waals surface area contributed by atoms with Crippen LogP contribution in [0.5, 0.6) is 5.75 Å². The number of likely N-dealkylation sites (tertiary alicyclic amines) is 1. The van der Waals surface area contributed by atoms with Crippen molar-refractivity contribution < 1.29 is 18.3 Å². The largest absolute Gasteiger partial charge is 0.488 e. The molecule has 0 radical (unpaired) electrons. The molecule has 4 atom stereocenters. The number of halogens is 3. The summed E-state index contributed by atoms with van der Waals surface area (Å²) in [5.41, 5.74) is 1.58. The number of hydrogen-bond acceptors (Lipinski definition) is 7. The molecule has 2 saturated heterocycles. The molecule has 0 saturated carbocycles. The number of ether oxygens (including phenoxy) is 1. The first kappa shape index (κ1) is 28.6. The summed E-state index contributed by atoms with van der Waals surface area (Å²) in [6.45, 7) is 9.93. The van der Waals surface area contributed by atoms with Gasteiger partial charge in [-0.1, -0.05) is 18.2 Å². The minimum absolute atomic E-state index is 0.0766. The summed E-state index contributed by atoms with van der Waals surface area (Å²) in [5, 5.41) is 0.779. The fourth-order valence-corrected chi connectivity index (χ4v) is 7.50. The topological polar surface area (TPSA) is 74.1 Å². The Labute approximate surface area is 258 Å². The van der Waals surface area contributed by atoms with Crippen molar-refractivity contribution in [3.8, 4) is 16.9 Å². The Bertz CT molecular complexity index is 1810. The smallest absolute Gasteiger partial charge is 0.350 e. The highest BCUT2D eigenvalue weighted by atomic mass is 35.5. The van der Waals surface area contributed by atoms with Gasteiger partial charge in [-0.2, -0.15) is 4.98 Å². The summed E-state index contributed by atoms with van der Waals surface area (Å²) in [6.07, 6.45) is 4.40. The van der Waals surface area contributed by atoms with Crippen LogP contribution in [0.25, 0.3) is 22.0 Å². The molecule has 0 N–H and O–H groups in total. The van der Waals surface area contributed by atoms with Gasteiger partial charge in [0.05, 0.1) is 22.6 Å². The lowest BCUT2D eigenvalue weighted by molar-refractivity contribution is -0.128. The summed E-state index contributed by atoms with van der Waals surface area (Å²) in [5.74, 6) is -0.965. The third-order valence-electron chi connectivity index (χ3n) is 9.44. The molecular formula is C32H33ClF2N6O3. The Morgan fingerprint density at radius 2 is 1.98 bits per heavy atom. The Morgan fingerprint density at radius 3 is 2.66 bits per heavy atom. The van der Waals surface area contributed by atoms with Crippen LogP contribution in [0.4, 0.5) is 14.6 Å². The van der Waals surface area contributed by atoms with E-state index in [0.717, 1.165) is 19.0 Å². The van der Waals surface area contributed by atoms with Gasteiger partial charge in [-0.05, 0) is 38.1 Å². The molecule has 4 aliphatic heterocycles. The average molecular weight is 623 g/mol. The fraction of sp³-hybridized carbons (Fsp3) is 0.406. The molecule has 12 heteroatoms. The third kappa shape index (κ3) is 4.43. The highest BCUT2D eigenvalue weighted by Crippen LogP contribution is 2.47. The van der Waals surface area contributed by atoms with Gasteiger partial charge in [-0.3, -0.25) is 9.36 Å². The van der Waals surface area contributed by atoms with Crippen LogP contribution < -0.4 is 15.3 Å². The lowest BCUT2D eigenvalue weighted by Crippen LogP contribution is -2.58. The van der Waals surface area contributed by atoms with Crippen LogP contribution in [0.15, 0.2) is 53.6 Å². The molecule has 3 aromatic rings. The van der Waals surface area contributed by atoms with E-state index in [1.54, 1.807) is 15.5 Å². The Kier molecular flexibility index (Phi) is 6.84. The third-order valence-corrected chi connectivity index (χ3v) is 9.74. The number of likely N-dealkylation sites (N-methyl/N-ethyl adjacent to an activating group) is 1. The minimum atomic E-state index is -0.786. The number of hydrogen-bond donors (Lipinski definition) is 0. The second-order valence-electron chi connectivity index (χ2n) is 12.2. The summed E-state index contributed by atoms with van der Waals surface area (Å²) in [4.78, 5) is 39.5. The Hall–Kier alpha value is -4.12. The predicted octanol–water partition coefficient (Wildman–Crippen LogP) is 4.40. The fourth-order valence-electron chi connectivity index (χ4n) is 7.20.